The Balaban J connectivity index is 0.888. The van der Waals surface area contributed by atoms with Crippen molar-refractivity contribution in [1.82, 2.24) is 4.57 Å². The lowest BCUT2D eigenvalue weighted by molar-refractivity contribution is 0.660. The number of aromatic nitrogens is 1. The van der Waals surface area contributed by atoms with Crippen molar-refractivity contribution >= 4 is 38.9 Å². The van der Waals surface area contributed by atoms with Crippen molar-refractivity contribution in [2.45, 2.75) is 33.1 Å². The summed E-state index contributed by atoms with van der Waals surface area (Å²) in [7, 11) is 0. The van der Waals surface area contributed by atoms with Gasteiger partial charge in [-0.1, -0.05) is 183 Å². The van der Waals surface area contributed by atoms with E-state index in [1.54, 1.807) is 0 Å². The second-order valence-electron chi connectivity index (χ2n) is 18.7. The molecule has 0 unspecified atom stereocenters. The minimum absolute atomic E-state index is 0.125. The summed E-state index contributed by atoms with van der Waals surface area (Å²) in [6.07, 6.45) is 0. The smallest absolute Gasteiger partial charge is 0.0541 e. The van der Waals surface area contributed by atoms with Crippen LogP contribution in [0.15, 0.2) is 231 Å². The van der Waals surface area contributed by atoms with Crippen LogP contribution in [0, 0.1) is 13.8 Å². The van der Waals surface area contributed by atoms with Crippen LogP contribution in [0.5, 0.6) is 0 Å². The highest BCUT2D eigenvalue weighted by atomic mass is 15.1. The Hall–Kier alpha value is -8.20. The Morgan fingerprint density at radius 2 is 0.836 bits per heavy atom. The Morgan fingerprint density at radius 1 is 0.343 bits per heavy atom. The van der Waals surface area contributed by atoms with Crippen LogP contribution >= 0.6 is 0 Å². The number of hydrogen-bond donors (Lipinski definition) is 0. The zero-order valence-corrected chi connectivity index (χ0v) is 38.3. The first-order valence-electron chi connectivity index (χ1n) is 23.4. The topological polar surface area (TPSA) is 8.17 Å². The molecule has 320 valence electrons. The van der Waals surface area contributed by atoms with Gasteiger partial charge in [0.25, 0.3) is 0 Å². The van der Waals surface area contributed by atoms with E-state index < -0.39 is 0 Å². The molecule has 67 heavy (non-hydrogen) atoms. The van der Waals surface area contributed by atoms with E-state index in [9.17, 15) is 0 Å². The number of para-hydroxylation sites is 1. The van der Waals surface area contributed by atoms with Gasteiger partial charge in [0.15, 0.2) is 0 Å². The standard InChI is InChI=1S/C65H50N2/c1-43-21-37-63-58(39-43)59-40-44(2)22-38-64(59)67(63)53-33-29-49(30-34-53)47-25-23-46(24-26-47)48-27-31-52(32-28-48)66(54-35-36-57-56-18-8-10-19-60(56)65(3,4)61(57)42-54)62-20-11-9-17-55(62)51-16-12-15-50(41-51)45-13-6-5-7-14-45/h5-42H,1-4H3. The van der Waals surface area contributed by atoms with Gasteiger partial charge >= 0.3 is 0 Å². The Bertz CT molecular complexity index is 3590. The summed E-state index contributed by atoms with van der Waals surface area (Å²) in [5.41, 5.74) is 24.3. The number of aryl methyl sites for hydroxylation is 2. The van der Waals surface area contributed by atoms with Crippen molar-refractivity contribution in [3.05, 3.63) is 253 Å². The molecule has 0 fully saturated rings. The minimum Gasteiger partial charge on any atom is -0.310 e. The molecule has 0 bridgehead atoms. The van der Waals surface area contributed by atoms with Crippen LogP contribution in [0.2, 0.25) is 0 Å². The molecule has 1 aromatic heterocycles. The number of hydrogen-bond acceptors (Lipinski definition) is 1. The van der Waals surface area contributed by atoms with Crippen LogP contribution in [0.4, 0.5) is 17.1 Å². The molecule has 1 aliphatic carbocycles. The number of nitrogens with zero attached hydrogens (tertiary/aromatic N) is 2. The highest BCUT2D eigenvalue weighted by molar-refractivity contribution is 6.09. The maximum Gasteiger partial charge on any atom is 0.0541 e. The van der Waals surface area contributed by atoms with Gasteiger partial charge in [-0.25, -0.2) is 0 Å². The van der Waals surface area contributed by atoms with E-state index >= 15 is 0 Å². The molecule has 0 aliphatic heterocycles. The van der Waals surface area contributed by atoms with Crippen LogP contribution < -0.4 is 4.90 Å². The van der Waals surface area contributed by atoms with Crippen molar-refractivity contribution in [3.63, 3.8) is 0 Å². The molecule has 0 amide bonds. The highest BCUT2D eigenvalue weighted by Crippen LogP contribution is 2.51. The summed E-state index contributed by atoms with van der Waals surface area (Å²) in [5, 5.41) is 2.60. The third-order valence-corrected chi connectivity index (χ3v) is 14.1. The minimum atomic E-state index is -0.125. The zero-order chi connectivity index (χ0) is 45.2. The van der Waals surface area contributed by atoms with Gasteiger partial charge < -0.3 is 9.47 Å². The molecule has 0 saturated heterocycles. The summed E-state index contributed by atoms with van der Waals surface area (Å²) in [4.78, 5) is 2.45. The third-order valence-electron chi connectivity index (χ3n) is 14.1. The number of anilines is 3. The maximum absolute atomic E-state index is 2.45. The molecule has 1 aliphatic rings. The van der Waals surface area contributed by atoms with E-state index in [-0.39, 0.29) is 5.41 Å². The lowest BCUT2D eigenvalue weighted by Gasteiger charge is -2.30. The molecule has 12 rings (SSSR count). The van der Waals surface area contributed by atoms with Gasteiger partial charge in [0, 0.05) is 38.8 Å². The van der Waals surface area contributed by atoms with Crippen molar-refractivity contribution in [1.29, 1.82) is 0 Å². The molecule has 2 heteroatoms. The fourth-order valence-corrected chi connectivity index (χ4v) is 10.7. The number of benzene rings is 10. The van der Waals surface area contributed by atoms with E-state index in [0.717, 1.165) is 17.1 Å². The molecule has 2 nitrogen and oxygen atoms in total. The fourth-order valence-electron chi connectivity index (χ4n) is 10.7. The molecule has 0 spiro atoms. The number of fused-ring (bicyclic) bond motifs is 6. The summed E-state index contributed by atoms with van der Waals surface area (Å²) >= 11 is 0. The van der Waals surface area contributed by atoms with E-state index in [4.69, 9.17) is 0 Å². The van der Waals surface area contributed by atoms with Gasteiger partial charge in [0.05, 0.1) is 16.7 Å². The van der Waals surface area contributed by atoms with Gasteiger partial charge in [0.1, 0.15) is 0 Å². The average molecular weight is 859 g/mol. The van der Waals surface area contributed by atoms with Gasteiger partial charge in [-0.15, -0.1) is 0 Å². The molecule has 0 saturated carbocycles. The van der Waals surface area contributed by atoms with E-state index in [0.29, 0.717) is 0 Å². The van der Waals surface area contributed by atoms with Gasteiger partial charge in [-0.2, -0.15) is 0 Å². The summed E-state index contributed by atoms with van der Waals surface area (Å²) in [6.45, 7) is 9.06. The van der Waals surface area contributed by atoms with E-state index in [1.807, 2.05) is 0 Å². The lowest BCUT2D eigenvalue weighted by atomic mass is 9.82. The van der Waals surface area contributed by atoms with Crippen molar-refractivity contribution in [2.75, 3.05) is 4.90 Å². The number of rotatable bonds is 8. The van der Waals surface area contributed by atoms with Gasteiger partial charge in [-0.05, 0) is 148 Å². The second-order valence-corrected chi connectivity index (χ2v) is 18.7. The van der Waals surface area contributed by atoms with Crippen LogP contribution in [-0.4, -0.2) is 4.57 Å². The van der Waals surface area contributed by atoms with Crippen molar-refractivity contribution in [2.24, 2.45) is 0 Å². The molecule has 0 radical (unpaired) electrons. The summed E-state index contributed by atoms with van der Waals surface area (Å²) in [6, 6.07) is 85.1. The van der Waals surface area contributed by atoms with Crippen LogP contribution in [-0.2, 0) is 5.41 Å². The normalized spacial score (nSPS) is 12.6. The molecular weight excluding hydrogens is 809 g/mol. The molecule has 0 N–H and O–H groups in total. The predicted octanol–water partition coefficient (Wildman–Crippen LogP) is 17.8. The van der Waals surface area contributed by atoms with Crippen LogP contribution in [0.1, 0.15) is 36.1 Å². The van der Waals surface area contributed by atoms with Gasteiger partial charge in [0.2, 0.25) is 0 Å². The van der Waals surface area contributed by atoms with E-state index in [1.165, 1.54) is 105 Å². The largest absolute Gasteiger partial charge is 0.310 e. The SMILES string of the molecule is Cc1ccc2c(c1)c1cc(C)ccc1n2-c1ccc(-c2ccc(-c3ccc(N(c4ccc5c(c4)C(C)(C)c4ccccc4-5)c4ccccc4-c4cccc(-c5ccccc5)c4)cc3)cc2)cc1. The fraction of sp³-hybridized carbons (Fsp3) is 0.0769. The molecule has 1 heterocycles. The quantitative estimate of drug-likeness (QED) is 0.148. The van der Waals surface area contributed by atoms with E-state index in [2.05, 4.69) is 268 Å². The van der Waals surface area contributed by atoms with Crippen molar-refractivity contribution < 1.29 is 0 Å². The first kappa shape index (κ1) is 40.3. The highest BCUT2D eigenvalue weighted by Gasteiger charge is 2.36. The average Bonchev–Trinajstić information content (AvgIpc) is 3.81. The molecular formula is C65H50N2. The first-order valence-corrected chi connectivity index (χ1v) is 23.4. The van der Waals surface area contributed by atoms with Crippen molar-refractivity contribution in [3.8, 4) is 61.3 Å². The third kappa shape index (κ3) is 6.96. The predicted molar refractivity (Wildman–Crippen MR) is 284 cm³/mol. The first-order chi connectivity index (χ1) is 32.8. The lowest BCUT2D eigenvalue weighted by Crippen LogP contribution is -2.16. The summed E-state index contributed by atoms with van der Waals surface area (Å²) in [5.74, 6) is 0. The van der Waals surface area contributed by atoms with Crippen LogP contribution in [0.3, 0.4) is 0 Å². The monoisotopic (exact) mass is 858 g/mol. The van der Waals surface area contributed by atoms with Gasteiger partial charge in [-0.3, -0.25) is 0 Å². The Morgan fingerprint density at radius 3 is 1.49 bits per heavy atom. The maximum atomic E-state index is 2.45. The Labute approximate surface area is 393 Å². The summed E-state index contributed by atoms with van der Waals surface area (Å²) < 4.78 is 2.40. The Kier molecular flexibility index (Phi) is 9.66. The zero-order valence-electron chi connectivity index (χ0n) is 38.3. The van der Waals surface area contributed by atoms with Crippen LogP contribution in [0.25, 0.3) is 83.1 Å². The molecule has 0 atom stereocenters. The molecule has 11 aromatic rings. The molecule has 10 aromatic carbocycles. The second kappa shape index (κ2) is 16.0.